The van der Waals surface area contributed by atoms with E-state index in [2.05, 4.69) is 10.6 Å². The number of carbonyl (C=O) groups excluding carboxylic acids is 1. The number of rotatable bonds is 7. The predicted octanol–water partition coefficient (Wildman–Crippen LogP) is 2.21. The Bertz CT molecular complexity index is 462. The van der Waals surface area contributed by atoms with Gasteiger partial charge in [0.2, 0.25) is 0 Å². The lowest BCUT2D eigenvalue weighted by Gasteiger charge is -2.14. The van der Waals surface area contributed by atoms with Gasteiger partial charge in [0, 0.05) is 25.3 Å². The van der Waals surface area contributed by atoms with Gasteiger partial charge in [0.1, 0.15) is 0 Å². The smallest absolute Gasteiger partial charge is 0.319 e. The van der Waals surface area contributed by atoms with Crippen molar-refractivity contribution in [1.82, 2.24) is 5.32 Å². The van der Waals surface area contributed by atoms with E-state index in [1.807, 2.05) is 18.2 Å². The monoisotopic (exact) mass is 280 g/mol. The molecule has 0 heterocycles. The van der Waals surface area contributed by atoms with Gasteiger partial charge in [0.15, 0.2) is 0 Å². The maximum Gasteiger partial charge on any atom is 0.319 e. The van der Waals surface area contributed by atoms with E-state index in [0.717, 1.165) is 5.56 Å². The molecule has 0 saturated carbocycles. The van der Waals surface area contributed by atoms with Crippen LogP contribution in [0.15, 0.2) is 24.3 Å². The van der Waals surface area contributed by atoms with Crippen LogP contribution < -0.4 is 10.6 Å². The van der Waals surface area contributed by atoms with E-state index < -0.39 is 5.97 Å². The third-order valence-corrected chi connectivity index (χ3v) is 2.66. The van der Waals surface area contributed by atoms with Gasteiger partial charge in [-0.2, -0.15) is 0 Å². The standard InChI is InChI=1S/C14H20N2O4/c1-10(6-7-13(17)18)15-14(19)16-12-5-3-4-11(8-12)9-20-2/h3-5,8,10H,6-7,9H2,1-2H3,(H,17,18)(H2,15,16,19). The minimum atomic E-state index is -0.869. The first-order valence-corrected chi connectivity index (χ1v) is 6.38. The highest BCUT2D eigenvalue weighted by molar-refractivity contribution is 5.89. The van der Waals surface area contributed by atoms with Gasteiger partial charge in [-0.15, -0.1) is 0 Å². The minimum Gasteiger partial charge on any atom is -0.481 e. The Kier molecular flexibility index (Phi) is 6.52. The summed E-state index contributed by atoms with van der Waals surface area (Å²) in [5.41, 5.74) is 1.63. The molecular weight excluding hydrogens is 260 g/mol. The SMILES string of the molecule is COCc1cccc(NC(=O)NC(C)CCC(=O)O)c1. The molecule has 1 rings (SSSR count). The molecule has 0 spiro atoms. The van der Waals surface area contributed by atoms with Crippen LogP contribution in [0.5, 0.6) is 0 Å². The summed E-state index contributed by atoms with van der Waals surface area (Å²) in [5.74, 6) is -0.869. The van der Waals surface area contributed by atoms with Crippen LogP contribution in [-0.2, 0) is 16.1 Å². The lowest BCUT2D eigenvalue weighted by Crippen LogP contribution is -2.36. The highest BCUT2D eigenvalue weighted by Gasteiger charge is 2.09. The second kappa shape index (κ2) is 8.16. The van der Waals surface area contributed by atoms with Gasteiger partial charge >= 0.3 is 12.0 Å². The molecule has 0 bridgehead atoms. The number of ether oxygens (including phenoxy) is 1. The van der Waals surface area contributed by atoms with Crippen LogP contribution in [0.4, 0.5) is 10.5 Å². The van der Waals surface area contributed by atoms with Crippen molar-refractivity contribution in [3.05, 3.63) is 29.8 Å². The number of hydrogen-bond acceptors (Lipinski definition) is 3. The third kappa shape index (κ3) is 6.19. The molecule has 1 aromatic carbocycles. The van der Waals surface area contributed by atoms with Crippen LogP contribution >= 0.6 is 0 Å². The maximum absolute atomic E-state index is 11.7. The van der Waals surface area contributed by atoms with Crippen molar-refractivity contribution < 1.29 is 19.4 Å². The molecule has 0 aromatic heterocycles. The number of benzene rings is 1. The van der Waals surface area contributed by atoms with Crippen molar-refractivity contribution in [3.8, 4) is 0 Å². The largest absolute Gasteiger partial charge is 0.481 e. The van der Waals surface area contributed by atoms with Crippen LogP contribution in [0.25, 0.3) is 0 Å². The molecule has 3 N–H and O–H groups in total. The summed E-state index contributed by atoms with van der Waals surface area (Å²) < 4.78 is 5.02. The summed E-state index contributed by atoms with van der Waals surface area (Å²) >= 11 is 0. The topological polar surface area (TPSA) is 87.7 Å². The van der Waals surface area contributed by atoms with Gasteiger partial charge in [-0.3, -0.25) is 4.79 Å². The van der Waals surface area contributed by atoms with E-state index in [9.17, 15) is 9.59 Å². The van der Waals surface area contributed by atoms with Crippen molar-refractivity contribution in [3.63, 3.8) is 0 Å². The van der Waals surface area contributed by atoms with Crippen molar-refractivity contribution in [2.24, 2.45) is 0 Å². The Morgan fingerprint density at radius 3 is 2.80 bits per heavy atom. The molecule has 0 radical (unpaired) electrons. The van der Waals surface area contributed by atoms with Gasteiger partial charge in [0.25, 0.3) is 0 Å². The van der Waals surface area contributed by atoms with Gasteiger partial charge in [0.05, 0.1) is 6.61 Å². The maximum atomic E-state index is 11.7. The van der Waals surface area contributed by atoms with E-state index in [-0.39, 0.29) is 18.5 Å². The number of carboxylic acids is 1. The van der Waals surface area contributed by atoms with Crippen LogP contribution in [0.3, 0.4) is 0 Å². The average molecular weight is 280 g/mol. The molecule has 1 unspecified atom stereocenters. The number of hydrogen-bond donors (Lipinski definition) is 3. The molecule has 0 saturated heterocycles. The van der Waals surface area contributed by atoms with Gasteiger partial charge in [-0.05, 0) is 31.0 Å². The molecular formula is C14H20N2O4. The Balaban J connectivity index is 2.45. The van der Waals surface area contributed by atoms with Gasteiger partial charge in [-0.25, -0.2) is 4.79 Å². The second-order valence-corrected chi connectivity index (χ2v) is 4.57. The molecule has 0 aliphatic rings. The first kappa shape index (κ1) is 16.0. The molecule has 0 aliphatic heterocycles. The molecule has 1 atom stereocenters. The second-order valence-electron chi connectivity index (χ2n) is 4.57. The Morgan fingerprint density at radius 2 is 2.15 bits per heavy atom. The van der Waals surface area contributed by atoms with Crippen LogP contribution in [0, 0.1) is 0 Å². The number of nitrogens with one attached hydrogen (secondary N) is 2. The molecule has 6 nitrogen and oxygen atoms in total. The van der Waals surface area contributed by atoms with E-state index in [1.54, 1.807) is 20.1 Å². The Hall–Kier alpha value is -2.08. The van der Waals surface area contributed by atoms with E-state index >= 15 is 0 Å². The number of methoxy groups -OCH3 is 1. The van der Waals surface area contributed by atoms with Crippen molar-refractivity contribution in [2.75, 3.05) is 12.4 Å². The van der Waals surface area contributed by atoms with Crippen molar-refractivity contribution >= 4 is 17.7 Å². The highest BCUT2D eigenvalue weighted by atomic mass is 16.5. The lowest BCUT2D eigenvalue weighted by molar-refractivity contribution is -0.137. The zero-order valence-electron chi connectivity index (χ0n) is 11.7. The normalized spacial score (nSPS) is 11.7. The summed E-state index contributed by atoms with van der Waals surface area (Å²) in [6, 6.07) is 6.79. The van der Waals surface area contributed by atoms with Gasteiger partial charge in [-0.1, -0.05) is 12.1 Å². The fourth-order valence-corrected chi connectivity index (χ4v) is 1.71. The fourth-order valence-electron chi connectivity index (χ4n) is 1.71. The molecule has 20 heavy (non-hydrogen) atoms. The molecule has 0 aliphatic carbocycles. The fraction of sp³-hybridized carbons (Fsp3) is 0.429. The van der Waals surface area contributed by atoms with E-state index in [0.29, 0.717) is 18.7 Å². The summed E-state index contributed by atoms with van der Waals surface area (Å²) in [6.45, 7) is 2.25. The number of urea groups is 1. The third-order valence-electron chi connectivity index (χ3n) is 2.66. The van der Waals surface area contributed by atoms with Crippen LogP contribution in [0.1, 0.15) is 25.3 Å². The minimum absolute atomic E-state index is 0.0325. The van der Waals surface area contributed by atoms with Gasteiger partial charge < -0.3 is 20.5 Å². The summed E-state index contributed by atoms with van der Waals surface area (Å²) in [5, 5.41) is 14.0. The first-order chi connectivity index (χ1) is 9.51. The number of carbonyl (C=O) groups is 2. The van der Waals surface area contributed by atoms with E-state index in [1.165, 1.54) is 0 Å². The molecule has 1 aromatic rings. The summed E-state index contributed by atoms with van der Waals surface area (Å²) in [7, 11) is 1.61. The average Bonchev–Trinajstić information content (AvgIpc) is 2.37. The summed E-state index contributed by atoms with van der Waals surface area (Å²) in [6.07, 6.45) is 0.428. The lowest BCUT2D eigenvalue weighted by atomic mass is 10.2. The van der Waals surface area contributed by atoms with Crippen LogP contribution in [0.2, 0.25) is 0 Å². The number of carboxylic acid groups (broad SMARTS) is 1. The first-order valence-electron chi connectivity index (χ1n) is 6.38. The Morgan fingerprint density at radius 1 is 1.40 bits per heavy atom. The quantitative estimate of drug-likeness (QED) is 0.714. The number of amides is 2. The van der Waals surface area contributed by atoms with E-state index in [4.69, 9.17) is 9.84 Å². The molecule has 6 heteroatoms. The Labute approximate surface area is 118 Å². The molecule has 110 valence electrons. The zero-order chi connectivity index (χ0) is 15.0. The number of aliphatic carboxylic acids is 1. The predicted molar refractivity (Wildman–Crippen MR) is 75.6 cm³/mol. The van der Waals surface area contributed by atoms with Crippen molar-refractivity contribution in [1.29, 1.82) is 0 Å². The van der Waals surface area contributed by atoms with Crippen LogP contribution in [-0.4, -0.2) is 30.3 Å². The van der Waals surface area contributed by atoms with Crippen molar-refractivity contribution in [2.45, 2.75) is 32.4 Å². The summed E-state index contributed by atoms with van der Waals surface area (Å²) in [4.78, 5) is 22.2. The zero-order valence-corrected chi connectivity index (χ0v) is 11.7. The molecule has 2 amide bonds. The number of anilines is 1. The highest BCUT2D eigenvalue weighted by Crippen LogP contribution is 2.11. The molecule has 0 fully saturated rings.